The van der Waals surface area contributed by atoms with E-state index in [2.05, 4.69) is 22.2 Å². The molecule has 2 aromatic rings. The van der Waals surface area contributed by atoms with E-state index in [-0.39, 0.29) is 52.8 Å². The predicted octanol–water partition coefficient (Wildman–Crippen LogP) is 3.61. The minimum Gasteiger partial charge on any atom is -0.495 e. The molecular weight excluding hydrogens is 464 g/mol. The second-order valence-electron chi connectivity index (χ2n) is 6.79. The Morgan fingerprint density at radius 2 is 1.91 bits per heavy atom. The van der Waals surface area contributed by atoms with Gasteiger partial charge in [-0.15, -0.1) is 0 Å². The van der Waals surface area contributed by atoms with Crippen LogP contribution in [-0.4, -0.2) is 50.4 Å². The van der Waals surface area contributed by atoms with Crippen molar-refractivity contribution in [1.29, 1.82) is 0 Å². The van der Waals surface area contributed by atoms with Crippen molar-refractivity contribution in [2.24, 2.45) is 0 Å². The van der Waals surface area contributed by atoms with Crippen LogP contribution in [0.25, 0.3) is 0 Å². The summed E-state index contributed by atoms with van der Waals surface area (Å²) >= 11 is 12.7. The summed E-state index contributed by atoms with van der Waals surface area (Å²) in [5, 5.41) is 6.21. The highest BCUT2D eigenvalue weighted by molar-refractivity contribution is 6.37. The smallest absolute Gasteiger partial charge is 0.243 e. The number of carbonyl (C=O) groups excluding carboxylic acids is 1. The molecule has 11 heteroatoms. The Hall–Kier alpha value is -2.75. The first-order chi connectivity index (χ1) is 15.4. The normalized spacial score (nSPS) is 17.5. The molecule has 1 aliphatic rings. The molecule has 0 bridgehead atoms. The molecular formula is C21H22Cl2FN3O5. The molecule has 0 saturated carbocycles. The number of halogens is 3. The number of anilines is 1. The fourth-order valence-electron chi connectivity index (χ4n) is 3.08. The number of hydrogen-bond donors (Lipinski definition) is 2. The molecule has 1 aromatic heterocycles. The molecule has 0 aliphatic carbocycles. The summed E-state index contributed by atoms with van der Waals surface area (Å²) in [6.45, 7) is 3.94. The molecule has 0 radical (unpaired) electrons. The second-order valence-corrected chi connectivity index (χ2v) is 7.54. The number of benzene rings is 1. The fraction of sp³-hybridized carbons (Fsp3) is 0.333. The number of aromatic nitrogens is 1. The van der Waals surface area contributed by atoms with Gasteiger partial charge in [0.2, 0.25) is 5.91 Å². The van der Waals surface area contributed by atoms with Gasteiger partial charge in [0.25, 0.3) is 0 Å². The van der Waals surface area contributed by atoms with E-state index in [9.17, 15) is 9.18 Å². The van der Waals surface area contributed by atoms with Crippen LogP contribution in [-0.2, 0) is 16.1 Å². The van der Waals surface area contributed by atoms with Crippen LogP contribution in [0.2, 0.25) is 10.0 Å². The summed E-state index contributed by atoms with van der Waals surface area (Å²) in [6, 6.07) is 2.05. The first-order valence-corrected chi connectivity index (χ1v) is 10.3. The summed E-state index contributed by atoms with van der Waals surface area (Å²) in [5.41, 5.74) is 0.427. The molecule has 2 unspecified atom stereocenters. The lowest BCUT2D eigenvalue weighted by Gasteiger charge is -2.20. The zero-order valence-electron chi connectivity index (χ0n) is 17.4. The largest absolute Gasteiger partial charge is 0.495 e. The Bertz CT molecular complexity index is 980. The summed E-state index contributed by atoms with van der Waals surface area (Å²) in [7, 11) is 2.93. The molecule has 3 rings (SSSR count). The third-order valence-electron chi connectivity index (χ3n) is 4.78. The maximum Gasteiger partial charge on any atom is 0.243 e. The minimum absolute atomic E-state index is 0.00446. The number of hydrogen-bond acceptors (Lipinski definition) is 7. The van der Waals surface area contributed by atoms with Crippen molar-refractivity contribution in [2.75, 3.05) is 32.8 Å². The zero-order chi connectivity index (χ0) is 23.3. The lowest BCUT2D eigenvalue weighted by Crippen LogP contribution is -2.45. The molecule has 2 atom stereocenters. The Morgan fingerprint density at radius 1 is 1.25 bits per heavy atom. The first-order valence-electron chi connectivity index (χ1n) is 9.52. The van der Waals surface area contributed by atoms with E-state index >= 15 is 0 Å². The van der Waals surface area contributed by atoms with Crippen molar-refractivity contribution in [1.82, 2.24) is 10.3 Å². The van der Waals surface area contributed by atoms with Gasteiger partial charge in [0, 0.05) is 17.7 Å². The molecule has 32 heavy (non-hydrogen) atoms. The third kappa shape index (κ3) is 5.35. The molecule has 1 amide bonds. The van der Waals surface area contributed by atoms with Crippen LogP contribution in [0.5, 0.6) is 17.2 Å². The zero-order valence-corrected chi connectivity index (χ0v) is 18.9. The van der Waals surface area contributed by atoms with E-state index in [0.717, 1.165) is 6.08 Å². The van der Waals surface area contributed by atoms with Crippen LogP contribution >= 0.6 is 23.2 Å². The van der Waals surface area contributed by atoms with E-state index in [4.69, 9.17) is 42.1 Å². The van der Waals surface area contributed by atoms with Gasteiger partial charge >= 0.3 is 0 Å². The number of pyridine rings is 1. The highest BCUT2D eigenvalue weighted by Crippen LogP contribution is 2.40. The quantitative estimate of drug-likeness (QED) is 0.524. The monoisotopic (exact) mass is 485 g/mol. The standard InChI is InChI=1S/C21H22Cl2FN3O5/c1-4-18(28)26-14-9-31-10-15(14)27-21-13(24)5-11(7-25-21)32-8-12-19(22)16(29-2)6-17(30-3)20(12)23/h4-7,14-15H,1,8-10H2,2-3H3,(H,25,27)(H,26,28). The van der Waals surface area contributed by atoms with E-state index in [0.29, 0.717) is 23.7 Å². The van der Waals surface area contributed by atoms with Crippen LogP contribution < -0.4 is 24.8 Å². The molecule has 1 saturated heterocycles. The fourth-order valence-corrected chi connectivity index (χ4v) is 3.69. The van der Waals surface area contributed by atoms with Crippen LogP contribution in [0, 0.1) is 5.82 Å². The van der Waals surface area contributed by atoms with Gasteiger partial charge in [-0.25, -0.2) is 9.37 Å². The Kier molecular flexibility index (Phi) is 8.00. The molecule has 1 aromatic carbocycles. The highest BCUT2D eigenvalue weighted by Gasteiger charge is 2.30. The van der Waals surface area contributed by atoms with Gasteiger partial charge < -0.3 is 29.6 Å². The molecule has 2 N–H and O–H groups in total. The number of rotatable bonds is 9. The number of amides is 1. The van der Waals surface area contributed by atoms with Crippen molar-refractivity contribution in [3.05, 3.63) is 52.4 Å². The van der Waals surface area contributed by atoms with Gasteiger partial charge in [0.05, 0.1) is 55.8 Å². The lowest BCUT2D eigenvalue weighted by molar-refractivity contribution is -0.117. The molecule has 2 heterocycles. The topological polar surface area (TPSA) is 90.9 Å². The molecule has 172 valence electrons. The number of methoxy groups -OCH3 is 2. The van der Waals surface area contributed by atoms with Gasteiger partial charge in [0.1, 0.15) is 23.9 Å². The number of ether oxygens (including phenoxy) is 4. The van der Waals surface area contributed by atoms with E-state index in [1.54, 1.807) is 6.07 Å². The van der Waals surface area contributed by atoms with Gasteiger partial charge in [-0.1, -0.05) is 29.8 Å². The van der Waals surface area contributed by atoms with Crippen molar-refractivity contribution in [2.45, 2.75) is 18.7 Å². The summed E-state index contributed by atoms with van der Waals surface area (Å²) < 4.78 is 36.1. The van der Waals surface area contributed by atoms with E-state index in [1.165, 1.54) is 26.5 Å². The van der Waals surface area contributed by atoms with Gasteiger partial charge in [0.15, 0.2) is 11.6 Å². The number of nitrogens with one attached hydrogen (secondary N) is 2. The van der Waals surface area contributed by atoms with Crippen molar-refractivity contribution < 1.29 is 28.1 Å². The van der Waals surface area contributed by atoms with Crippen LogP contribution in [0.1, 0.15) is 5.56 Å². The molecule has 8 nitrogen and oxygen atoms in total. The minimum atomic E-state index is -0.636. The third-order valence-corrected chi connectivity index (χ3v) is 5.61. The first kappa shape index (κ1) is 23.9. The van der Waals surface area contributed by atoms with Crippen LogP contribution in [0.15, 0.2) is 31.0 Å². The SMILES string of the molecule is C=CC(=O)NC1COCC1Nc1ncc(OCc2c(Cl)c(OC)cc(OC)c2Cl)cc1F. The average Bonchev–Trinajstić information content (AvgIpc) is 3.21. The van der Waals surface area contributed by atoms with E-state index in [1.807, 2.05) is 0 Å². The van der Waals surface area contributed by atoms with Crippen molar-refractivity contribution in [3.8, 4) is 17.2 Å². The maximum absolute atomic E-state index is 14.6. The van der Waals surface area contributed by atoms with Gasteiger partial charge in [-0.2, -0.15) is 0 Å². The average molecular weight is 486 g/mol. The molecule has 0 spiro atoms. The summed E-state index contributed by atoms with van der Waals surface area (Å²) in [4.78, 5) is 15.6. The molecule has 1 fully saturated rings. The highest BCUT2D eigenvalue weighted by atomic mass is 35.5. The van der Waals surface area contributed by atoms with Crippen LogP contribution in [0.4, 0.5) is 10.2 Å². The number of carbonyl (C=O) groups is 1. The van der Waals surface area contributed by atoms with Crippen molar-refractivity contribution in [3.63, 3.8) is 0 Å². The summed E-state index contributed by atoms with van der Waals surface area (Å²) in [6.07, 6.45) is 2.52. The maximum atomic E-state index is 14.6. The van der Waals surface area contributed by atoms with E-state index < -0.39 is 5.82 Å². The Morgan fingerprint density at radius 3 is 2.50 bits per heavy atom. The van der Waals surface area contributed by atoms with Crippen LogP contribution in [0.3, 0.4) is 0 Å². The second kappa shape index (κ2) is 10.7. The Balaban J connectivity index is 1.70. The summed E-state index contributed by atoms with van der Waals surface area (Å²) in [5.74, 6) is -0.0648. The van der Waals surface area contributed by atoms with Gasteiger partial charge in [-0.05, 0) is 6.08 Å². The Labute approximate surface area is 194 Å². The number of nitrogens with zero attached hydrogens (tertiary/aromatic N) is 1. The van der Waals surface area contributed by atoms with Gasteiger partial charge in [-0.3, -0.25) is 4.79 Å². The lowest BCUT2D eigenvalue weighted by atomic mass is 10.1. The molecule has 1 aliphatic heterocycles. The predicted molar refractivity (Wildman–Crippen MR) is 118 cm³/mol. The van der Waals surface area contributed by atoms with Crippen molar-refractivity contribution >= 4 is 34.9 Å².